The number of hydrogen-bond donors (Lipinski definition) is 2. The molecule has 7 nitrogen and oxygen atoms in total. The monoisotopic (exact) mass is 386 g/mol. The van der Waals surface area contributed by atoms with Crippen LogP contribution in [0.2, 0.25) is 4.34 Å². The first-order valence-corrected chi connectivity index (χ1v) is 9.18. The van der Waals surface area contributed by atoms with Gasteiger partial charge >= 0.3 is 12.0 Å². The topological polar surface area (TPSA) is 102 Å². The smallest absolute Gasteiger partial charge is 0.321 e. The lowest BCUT2D eigenvalue weighted by Crippen LogP contribution is -2.45. The van der Waals surface area contributed by atoms with E-state index >= 15 is 0 Å². The Hall–Kier alpha value is -1.93. The molecule has 2 N–H and O–H groups in total. The van der Waals surface area contributed by atoms with Crippen LogP contribution in [-0.4, -0.2) is 36.3 Å². The predicted octanol–water partition coefficient (Wildman–Crippen LogP) is 2.68. The molecule has 0 saturated heterocycles. The number of halogens is 1. The minimum atomic E-state index is -0.708. The number of ether oxygens (including phenoxy) is 1. The molecule has 1 aliphatic carbocycles. The van der Waals surface area contributed by atoms with Crippen molar-refractivity contribution < 1.29 is 23.9 Å². The van der Waals surface area contributed by atoms with Crippen LogP contribution in [-0.2, 0) is 14.3 Å². The summed E-state index contributed by atoms with van der Waals surface area (Å²) in [7, 11) is 0. The van der Waals surface area contributed by atoms with Crippen molar-refractivity contribution in [2.45, 2.75) is 44.6 Å². The highest BCUT2D eigenvalue weighted by molar-refractivity contribution is 7.18. The number of hydrogen-bond acceptors (Lipinski definition) is 6. The summed E-state index contributed by atoms with van der Waals surface area (Å²) in [5.74, 6) is -1.60. The highest BCUT2D eigenvalue weighted by Crippen LogP contribution is 2.23. The SMILES string of the molecule is O=C(COC(=O)CCC(=O)c1ccc(Cl)s1)NC(=O)NC1CCCC1. The van der Waals surface area contributed by atoms with Gasteiger partial charge in [0.25, 0.3) is 5.91 Å². The maximum atomic E-state index is 11.8. The Bertz CT molecular complexity index is 655. The van der Waals surface area contributed by atoms with E-state index in [2.05, 4.69) is 10.6 Å². The van der Waals surface area contributed by atoms with Gasteiger partial charge < -0.3 is 10.1 Å². The van der Waals surface area contributed by atoms with Crippen molar-refractivity contribution in [1.82, 2.24) is 10.6 Å². The van der Waals surface area contributed by atoms with E-state index < -0.39 is 24.5 Å². The molecule has 1 saturated carbocycles. The molecule has 0 bridgehead atoms. The first-order valence-electron chi connectivity index (χ1n) is 7.98. The van der Waals surface area contributed by atoms with Crippen LogP contribution in [0.3, 0.4) is 0 Å². The standard InChI is InChI=1S/C16H19ClN2O5S/c17-13-7-6-12(25-13)11(20)5-8-15(22)24-9-14(21)19-16(23)18-10-3-1-2-4-10/h6-7,10H,1-5,8-9H2,(H2,18,19,21,23). The molecule has 136 valence electrons. The van der Waals surface area contributed by atoms with Gasteiger partial charge in [-0.25, -0.2) is 4.79 Å². The third kappa shape index (κ3) is 6.83. The minimum absolute atomic E-state index is 0.0283. The third-order valence-corrected chi connectivity index (χ3v) is 4.98. The van der Waals surface area contributed by atoms with E-state index in [1.54, 1.807) is 12.1 Å². The number of thiophene rings is 1. The molecule has 0 spiro atoms. The van der Waals surface area contributed by atoms with Gasteiger partial charge in [0.1, 0.15) is 0 Å². The van der Waals surface area contributed by atoms with E-state index in [1.165, 1.54) is 0 Å². The molecule has 0 unspecified atom stereocenters. The number of nitrogens with one attached hydrogen (secondary N) is 2. The predicted molar refractivity (Wildman–Crippen MR) is 92.8 cm³/mol. The summed E-state index contributed by atoms with van der Waals surface area (Å²) in [5.41, 5.74) is 0. The van der Waals surface area contributed by atoms with E-state index in [0.717, 1.165) is 37.0 Å². The van der Waals surface area contributed by atoms with E-state index in [-0.39, 0.29) is 24.7 Å². The van der Waals surface area contributed by atoms with Crippen LogP contribution in [0.5, 0.6) is 0 Å². The zero-order valence-corrected chi connectivity index (χ0v) is 15.1. The molecule has 3 amide bonds. The normalized spacial score (nSPS) is 14.1. The number of urea groups is 1. The first-order chi connectivity index (χ1) is 11.9. The van der Waals surface area contributed by atoms with Crippen LogP contribution < -0.4 is 10.6 Å². The molecule has 1 heterocycles. The number of carbonyl (C=O) groups is 4. The quantitative estimate of drug-likeness (QED) is 0.554. The summed E-state index contributed by atoms with van der Waals surface area (Å²) < 4.78 is 5.26. The van der Waals surface area contributed by atoms with Crippen LogP contribution in [0.25, 0.3) is 0 Å². The summed E-state index contributed by atoms with van der Waals surface area (Å²) in [5, 5.41) is 4.80. The van der Waals surface area contributed by atoms with Gasteiger partial charge in [0.2, 0.25) is 0 Å². The van der Waals surface area contributed by atoms with Crippen LogP contribution in [0.15, 0.2) is 12.1 Å². The van der Waals surface area contributed by atoms with Crippen LogP contribution in [0.1, 0.15) is 48.2 Å². The largest absolute Gasteiger partial charge is 0.456 e. The Morgan fingerprint density at radius 3 is 2.52 bits per heavy atom. The number of ketones is 1. The van der Waals surface area contributed by atoms with Crippen molar-refractivity contribution in [3.8, 4) is 0 Å². The van der Waals surface area contributed by atoms with Crippen LogP contribution in [0.4, 0.5) is 4.79 Å². The molecule has 1 fully saturated rings. The van der Waals surface area contributed by atoms with Crippen molar-refractivity contribution in [3.05, 3.63) is 21.3 Å². The molecular weight excluding hydrogens is 368 g/mol. The van der Waals surface area contributed by atoms with Gasteiger partial charge in [-0.3, -0.25) is 19.7 Å². The highest BCUT2D eigenvalue weighted by Gasteiger charge is 2.19. The Morgan fingerprint density at radius 2 is 1.88 bits per heavy atom. The second-order valence-electron chi connectivity index (χ2n) is 5.69. The van der Waals surface area contributed by atoms with Crippen LogP contribution in [0, 0.1) is 0 Å². The molecule has 0 atom stereocenters. The average Bonchev–Trinajstić information content (AvgIpc) is 3.22. The van der Waals surface area contributed by atoms with Gasteiger partial charge in [0.05, 0.1) is 15.6 Å². The highest BCUT2D eigenvalue weighted by atomic mass is 35.5. The maximum absolute atomic E-state index is 11.8. The van der Waals surface area contributed by atoms with Gasteiger partial charge in [-0.1, -0.05) is 24.4 Å². The van der Waals surface area contributed by atoms with E-state index in [0.29, 0.717) is 9.21 Å². The van der Waals surface area contributed by atoms with Crippen LogP contribution >= 0.6 is 22.9 Å². The lowest BCUT2D eigenvalue weighted by molar-refractivity contribution is -0.148. The van der Waals surface area contributed by atoms with Crippen molar-refractivity contribution in [2.24, 2.45) is 0 Å². The number of rotatable bonds is 7. The molecule has 25 heavy (non-hydrogen) atoms. The molecule has 1 aromatic heterocycles. The van der Waals surface area contributed by atoms with E-state index in [4.69, 9.17) is 16.3 Å². The number of carbonyl (C=O) groups excluding carboxylic acids is 4. The minimum Gasteiger partial charge on any atom is -0.456 e. The fourth-order valence-electron chi connectivity index (χ4n) is 2.48. The van der Waals surface area contributed by atoms with Crippen molar-refractivity contribution in [3.63, 3.8) is 0 Å². The fourth-order valence-corrected chi connectivity index (χ4v) is 3.49. The zero-order valence-electron chi connectivity index (χ0n) is 13.5. The molecule has 1 aliphatic rings. The number of amides is 3. The second kappa shape index (κ2) is 9.53. The molecule has 0 radical (unpaired) electrons. The van der Waals surface area contributed by atoms with Crippen molar-refractivity contribution >= 4 is 46.6 Å². The van der Waals surface area contributed by atoms with E-state index in [9.17, 15) is 19.2 Å². The van der Waals surface area contributed by atoms with Gasteiger partial charge in [0, 0.05) is 12.5 Å². The summed E-state index contributed by atoms with van der Waals surface area (Å²) >= 11 is 6.88. The fraction of sp³-hybridized carbons (Fsp3) is 0.500. The first kappa shape index (κ1) is 19.4. The van der Waals surface area contributed by atoms with Gasteiger partial charge in [-0.05, 0) is 25.0 Å². The third-order valence-electron chi connectivity index (χ3n) is 3.71. The summed E-state index contributed by atoms with van der Waals surface area (Å²) in [6.07, 6.45) is 3.76. The summed E-state index contributed by atoms with van der Waals surface area (Å²) in [4.78, 5) is 47.0. The van der Waals surface area contributed by atoms with Gasteiger partial charge in [0.15, 0.2) is 12.4 Å². The second-order valence-corrected chi connectivity index (χ2v) is 7.41. The molecule has 1 aromatic rings. The Morgan fingerprint density at radius 1 is 1.16 bits per heavy atom. The number of imide groups is 1. The zero-order chi connectivity index (χ0) is 18.2. The van der Waals surface area contributed by atoms with Crippen molar-refractivity contribution in [1.29, 1.82) is 0 Å². The summed E-state index contributed by atoms with van der Waals surface area (Å²) in [6, 6.07) is 2.71. The molecule has 9 heteroatoms. The number of Topliss-reactive ketones (excluding diaryl/α,β-unsaturated/α-hetero) is 1. The average molecular weight is 387 g/mol. The Balaban J connectivity index is 1.61. The van der Waals surface area contributed by atoms with Gasteiger partial charge in [-0.2, -0.15) is 0 Å². The van der Waals surface area contributed by atoms with E-state index in [1.807, 2.05) is 0 Å². The maximum Gasteiger partial charge on any atom is 0.321 e. The molecule has 2 rings (SSSR count). The molecule has 0 aliphatic heterocycles. The Kier molecular flexibility index (Phi) is 7.39. The lowest BCUT2D eigenvalue weighted by atomic mass is 10.2. The molecular formula is C16H19ClN2O5S. The molecule has 0 aromatic carbocycles. The Labute approximate surface area is 154 Å². The lowest BCUT2D eigenvalue weighted by Gasteiger charge is -2.12. The van der Waals surface area contributed by atoms with Gasteiger partial charge in [-0.15, -0.1) is 11.3 Å². The number of esters is 1. The van der Waals surface area contributed by atoms with Crippen molar-refractivity contribution in [2.75, 3.05) is 6.61 Å². The summed E-state index contributed by atoms with van der Waals surface area (Å²) in [6.45, 7) is -0.560.